The summed E-state index contributed by atoms with van der Waals surface area (Å²) < 4.78 is 0. The Hall–Kier alpha value is -1.37. The fourth-order valence-corrected chi connectivity index (χ4v) is 1.33. The van der Waals surface area contributed by atoms with E-state index in [0.29, 0.717) is 0 Å². The van der Waals surface area contributed by atoms with Crippen LogP contribution < -0.4 is 5.32 Å². The molecule has 0 bridgehead atoms. The van der Waals surface area contributed by atoms with Crippen LogP contribution in [0.4, 0.5) is 0 Å². The van der Waals surface area contributed by atoms with Crippen LogP contribution in [0.2, 0.25) is 10.2 Å². The van der Waals surface area contributed by atoms with Gasteiger partial charge in [-0.05, 0) is 12.1 Å². The average Bonchev–Trinajstić information content (AvgIpc) is 2.28. The second kappa shape index (κ2) is 5.81. The summed E-state index contributed by atoms with van der Waals surface area (Å²) in [6, 6.07) is 1.33. The molecule has 0 aliphatic rings. The highest BCUT2D eigenvalue weighted by Gasteiger charge is 2.21. The first-order chi connectivity index (χ1) is 7.95. The number of aromatic nitrogens is 1. The van der Waals surface area contributed by atoms with E-state index in [1.807, 2.05) is 0 Å². The number of hydrogen-bond acceptors (Lipinski definition) is 4. The normalized spacial score (nSPS) is 11.9. The number of nitrogens with one attached hydrogen (secondary N) is 1. The molecule has 92 valence electrons. The van der Waals surface area contributed by atoms with E-state index in [0.717, 1.165) is 0 Å². The molecule has 1 aromatic rings. The Balaban J connectivity index is 2.89. The maximum atomic E-state index is 11.6. The summed E-state index contributed by atoms with van der Waals surface area (Å²) in [4.78, 5) is 25.9. The predicted molar refractivity (Wildman–Crippen MR) is 60.2 cm³/mol. The fourth-order valence-electron chi connectivity index (χ4n) is 0.990. The van der Waals surface area contributed by atoms with Gasteiger partial charge in [0.2, 0.25) is 0 Å². The Labute approximate surface area is 106 Å². The Morgan fingerprint density at radius 2 is 2.06 bits per heavy atom. The van der Waals surface area contributed by atoms with Crippen LogP contribution >= 0.6 is 23.2 Å². The predicted octanol–water partition coefficient (Wildman–Crippen LogP) is 0.564. The van der Waals surface area contributed by atoms with Gasteiger partial charge in [0, 0.05) is 0 Å². The third-order valence-corrected chi connectivity index (χ3v) is 2.33. The van der Waals surface area contributed by atoms with E-state index in [9.17, 15) is 9.59 Å². The summed E-state index contributed by atoms with van der Waals surface area (Å²) in [5.41, 5.74) is -0.195. The van der Waals surface area contributed by atoms with Crippen LogP contribution in [-0.4, -0.2) is 39.7 Å². The molecule has 1 amide bonds. The van der Waals surface area contributed by atoms with Crippen LogP contribution in [0.25, 0.3) is 0 Å². The number of carbonyl (C=O) groups excluding carboxylic acids is 1. The maximum absolute atomic E-state index is 11.6. The number of nitrogens with zero attached hydrogens (tertiary/aromatic N) is 1. The number of aliphatic carboxylic acids is 1. The molecule has 0 fully saturated rings. The minimum atomic E-state index is -1.42. The molecule has 0 aromatic carbocycles. The molecule has 1 rings (SSSR count). The van der Waals surface area contributed by atoms with Crippen molar-refractivity contribution in [3.05, 3.63) is 28.0 Å². The van der Waals surface area contributed by atoms with Gasteiger partial charge in [-0.25, -0.2) is 9.78 Å². The van der Waals surface area contributed by atoms with Gasteiger partial charge in [0.25, 0.3) is 5.91 Å². The van der Waals surface area contributed by atoms with Crippen molar-refractivity contribution < 1.29 is 19.8 Å². The highest BCUT2D eigenvalue weighted by atomic mass is 35.5. The maximum Gasteiger partial charge on any atom is 0.328 e. The van der Waals surface area contributed by atoms with Gasteiger partial charge in [0.05, 0.1) is 11.6 Å². The largest absolute Gasteiger partial charge is 0.480 e. The molecule has 0 unspecified atom stereocenters. The van der Waals surface area contributed by atoms with E-state index >= 15 is 0 Å². The first-order valence-electron chi connectivity index (χ1n) is 4.42. The van der Waals surface area contributed by atoms with Crippen molar-refractivity contribution in [1.29, 1.82) is 0 Å². The summed E-state index contributed by atoms with van der Waals surface area (Å²) in [6.45, 7) is -0.737. The van der Waals surface area contributed by atoms with E-state index in [1.165, 1.54) is 12.1 Å². The lowest BCUT2D eigenvalue weighted by molar-refractivity contribution is -0.140. The minimum absolute atomic E-state index is 0.0361. The summed E-state index contributed by atoms with van der Waals surface area (Å²) in [5.74, 6) is -2.18. The molecule has 0 saturated heterocycles. The molecule has 1 atom stereocenters. The molecule has 0 aliphatic carbocycles. The van der Waals surface area contributed by atoms with E-state index in [4.69, 9.17) is 33.4 Å². The van der Waals surface area contributed by atoms with Crippen molar-refractivity contribution in [3.63, 3.8) is 0 Å². The monoisotopic (exact) mass is 278 g/mol. The van der Waals surface area contributed by atoms with Gasteiger partial charge in [-0.3, -0.25) is 4.79 Å². The number of aliphatic hydroxyl groups excluding tert-OH is 1. The minimum Gasteiger partial charge on any atom is -0.480 e. The van der Waals surface area contributed by atoms with Gasteiger partial charge in [-0.1, -0.05) is 23.2 Å². The number of halogens is 2. The summed E-state index contributed by atoms with van der Waals surface area (Å²) in [6.07, 6.45) is 0. The quantitative estimate of drug-likeness (QED) is 0.699. The lowest BCUT2D eigenvalue weighted by Crippen LogP contribution is -2.43. The Morgan fingerprint density at radius 1 is 1.41 bits per heavy atom. The van der Waals surface area contributed by atoms with Crippen molar-refractivity contribution in [2.75, 3.05) is 6.61 Å². The smallest absolute Gasteiger partial charge is 0.328 e. The van der Waals surface area contributed by atoms with E-state index in [1.54, 1.807) is 0 Å². The highest BCUT2D eigenvalue weighted by Crippen LogP contribution is 2.16. The van der Waals surface area contributed by atoms with Gasteiger partial charge in [-0.15, -0.1) is 0 Å². The molecule has 8 heteroatoms. The van der Waals surface area contributed by atoms with Crippen LogP contribution in [0.15, 0.2) is 12.1 Å². The number of carboxylic acid groups (broad SMARTS) is 1. The lowest BCUT2D eigenvalue weighted by atomic mass is 10.2. The average molecular weight is 279 g/mol. The standard InChI is InChI=1S/C9H8Cl2N2O4/c10-4-1-2-6(11)13-7(4)8(15)12-5(3-14)9(16)17/h1-2,5,14H,3H2,(H,12,15)(H,16,17)/t5-/m1/s1. The van der Waals surface area contributed by atoms with Crippen molar-refractivity contribution in [2.45, 2.75) is 6.04 Å². The number of carboxylic acids is 1. The van der Waals surface area contributed by atoms with Crippen LogP contribution in [0.1, 0.15) is 10.5 Å². The molecular weight excluding hydrogens is 271 g/mol. The topological polar surface area (TPSA) is 99.5 Å². The van der Waals surface area contributed by atoms with Crippen LogP contribution in [0.3, 0.4) is 0 Å². The molecular formula is C9H8Cl2N2O4. The van der Waals surface area contributed by atoms with E-state index in [-0.39, 0.29) is 15.9 Å². The molecule has 0 aliphatic heterocycles. The second-order valence-corrected chi connectivity index (χ2v) is 3.81. The number of amides is 1. The van der Waals surface area contributed by atoms with Gasteiger partial charge < -0.3 is 15.5 Å². The molecule has 6 nitrogen and oxygen atoms in total. The second-order valence-electron chi connectivity index (χ2n) is 3.01. The van der Waals surface area contributed by atoms with Crippen molar-refractivity contribution >= 4 is 35.1 Å². The summed E-state index contributed by atoms with van der Waals surface area (Å²) in [7, 11) is 0. The molecule has 1 aromatic heterocycles. The summed E-state index contributed by atoms with van der Waals surface area (Å²) in [5, 5.41) is 19.5. The van der Waals surface area contributed by atoms with Gasteiger partial charge in [-0.2, -0.15) is 0 Å². The van der Waals surface area contributed by atoms with Crippen molar-refractivity contribution in [1.82, 2.24) is 10.3 Å². The first kappa shape index (κ1) is 13.7. The number of hydrogen-bond donors (Lipinski definition) is 3. The summed E-state index contributed by atoms with van der Waals surface area (Å²) >= 11 is 11.3. The number of aliphatic hydroxyl groups is 1. The number of pyridine rings is 1. The number of rotatable bonds is 4. The van der Waals surface area contributed by atoms with E-state index in [2.05, 4.69) is 10.3 Å². The van der Waals surface area contributed by atoms with Crippen molar-refractivity contribution in [3.8, 4) is 0 Å². The van der Waals surface area contributed by atoms with Crippen molar-refractivity contribution in [2.24, 2.45) is 0 Å². The molecule has 3 N–H and O–H groups in total. The molecule has 1 heterocycles. The highest BCUT2D eigenvalue weighted by molar-refractivity contribution is 6.34. The fraction of sp³-hybridized carbons (Fsp3) is 0.222. The van der Waals surface area contributed by atoms with Gasteiger partial charge in [0.15, 0.2) is 6.04 Å². The van der Waals surface area contributed by atoms with Gasteiger partial charge in [0.1, 0.15) is 10.8 Å². The zero-order chi connectivity index (χ0) is 13.0. The SMILES string of the molecule is O=C(N[C@H](CO)C(=O)O)c1nc(Cl)ccc1Cl. The molecule has 0 radical (unpaired) electrons. The zero-order valence-electron chi connectivity index (χ0n) is 8.35. The molecule has 0 spiro atoms. The Kier molecular flexibility index (Phi) is 4.68. The third-order valence-electron chi connectivity index (χ3n) is 1.81. The first-order valence-corrected chi connectivity index (χ1v) is 5.18. The van der Waals surface area contributed by atoms with Crippen LogP contribution in [0, 0.1) is 0 Å². The van der Waals surface area contributed by atoms with Crippen LogP contribution in [0.5, 0.6) is 0 Å². The number of carbonyl (C=O) groups is 2. The molecule has 17 heavy (non-hydrogen) atoms. The Morgan fingerprint density at radius 3 is 2.59 bits per heavy atom. The Bertz CT molecular complexity index is 453. The molecule has 0 saturated carbocycles. The third kappa shape index (κ3) is 3.55. The zero-order valence-corrected chi connectivity index (χ0v) is 9.87. The van der Waals surface area contributed by atoms with Crippen LogP contribution in [-0.2, 0) is 4.79 Å². The van der Waals surface area contributed by atoms with E-state index < -0.39 is 24.5 Å². The lowest BCUT2D eigenvalue weighted by Gasteiger charge is -2.11. The van der Waals surface area contributed by atoms with Gasteiger partial charge >= 0.3 is 5.97 Å².